The zero-order chi connectivity index (χ0) is 19.8. The molecule has 0 bridgehead atoms. The van der Waals surface area contributed by atoms with Crippen LogP contribution in [0.15, 0.2) is 40.5 Å². The Morgan fingerprint density at radius 3 is 2.82 bits per heavy atom. The van der Waals surface area contributed by atoms with Crippen molar-refractivity contribution in [2.45, 2.75) is 6.54 Å². The number of aryl methyl sites for hydroxylation is 1. The molecule has 0 fully saturated rings. The largest absolute Gasteiger partial charge is 0.323 e. The molecular weight excluding hydrogens is 380 g/mol. The zero-order valence-electron chi connectivity index (χ0n) is 15.1. The topological polar surface area (TPSA) is 109 Å². The maximum atomic E-state index is 12.3. The zero-order valence-corrected chi connectivity index (χ0v) is 15.9. The van der Waals surface area contributed by atoms with E-state index in [1.54, 1.807) is 11.9 Å². The molecule has 28 heavy (non-hydrogen) atoms. The van der Waals surface area contributed by atoms with Gasteiger partial charge < -0.3 is 10.2 Å². The number of hydrogen-bond donors (Lipinski definition) is 2. The number of urea groups is 1. The van der Waals surface area contributed by atoms with Crippen molar-refractivity contribution in [2.75, 3.05) is 17.7 Å². The van der Waals surface area contributed by atoms with Crippen LogP contribution in [0.1, 0.15) is 16.1 Å². The number of anilines is 2. The van der Waals surface area contributed by atoms with E-state index in [-0.39, 0.29) is 17.3 Å². The van der Waals surface area contributed by atoms with Crippen LogP contribution in [0.5, 0.6) is 0 Å². The number of carbonyl (C=O) groups excluding carboxylic acids is 2. The Bertz CT molecular complexity index is 1150. The van der Waals surface area contributed by atoms with Crippen LogP contribution in [0.4, 0.5) is 15.6 Å². The third kappa shape index (κ3) is 3.37. The van der Waals surface area contributed by atoms with Gasteiger partial charge in [0.05, 0.1) is 5.69 Å². The molecule has 1 aliphatic heterocycles. The van der Waals surface area contributed by atoms with E-state index in [2.05, 4.69) is 20.7 Å². The molecule has 0 unspecified atom stereocenters. The third-order valence-corrected chi connectivity index (χ3v) is 5.07. The number of amides is 3. The Morgan fingerprint density at radius 2 is 2.04 bits per heavy atom. The van der Waals surface area contributed by atoms with E-state index in [1.807, 2.05) is 23.6 Å². The predicted molar refractivity (Wildman–Crippen MR) is 105 cm³/mol. The Kier molecular flexibility index (Phi) is 4.40. The van der Waals surface area contributed by atoms with Gasteiger partial charge in [-0.3, -0.25) is 14.9 Å². The molecule has 10 heteroatoms. The minimum atomic E-state index is -0.439. The smallest absolute Gasteiger partial charge is 0.321 e. The molecule has 0 spiro atoms. The summed E-state index contributed by atoms with van der Waals surface area (Å²) in [5.41, 5.74) is 3.23. The molecule has 0 atom stereocenters. The van der Waals surface area contributed by atoms with Crippen molar-refractivity contribution in [2.24, 2.45) is 7.05 Å². The first kappa shape index (κ1) is 17.9. The summed E-state index contributed by atoms with van der Waals surface area (Å²) >= 11 is 1.29. The van der Waals surface area contributed by atoms with Crippen LogP contribution in [0, 0.1) is 0 Å². The standard InChI is InChI=1S/C18H16N6O3S/c1-23-8-11-7-10(3-4-12(11)20-18(23)27)14-9-28-17(19-14)21-16(26)13-5-6-15(25)24(2)22-13/h3-7,9H,8H2,1-2H3,(H,20,27)(H,19,21,26). The highest BCUT2D eigenvalue weighted by atomic mass is 32.1. The van der Waals surface area contributed by atoms with Crippen LogP contribution in [0.3, 0.4) is 0 Å². The molecule has 3 heterocycles. The second-order valence-electron chi connectivity index (χ2n) is 6.33. The quantitative estimate of drug-likeness (QED) is 0.705. The van der Waals surface area contributed by atoms with Gasteiger partial charge in [0.1, 0.15) is 5.69 Å². The van der Waals surface area contributed by atoms with Crippen LogP contribution < -0.4 is 16.2 Å². The van der Waals surface area contributed by atoms with Gasteiger partial charge >= 0.3 is 6.03 Å². The molecule has 0 saturated heterocycles. The average Bonchev–Trinajstić information content (AvgIpc) is 3.13. The van der Waals surface area contributed by atoms with Gasteiger partial charge in [0.25, 0.3) is 11.5 Å². The lowest BCUT2D eigenvalue weighted by molar-refractivity contribution is 0.102. The van der Waals surface area contributed by atoms with Gasteiger partial charge in [-0.15, -0.1) is 11.3 Å². The van der Waals surface area contributed by atoms with Gasteiger partial charge in [0.2, 0.25) is 0 Å². The number of fused-ring (bicyclic) bond motifs is 1. The Hall–Kier alpha value is -3.53. The van der Waals surface area contributed by atoms with E-state index in [0.717, 1.165) is 27.2 Å². The molecule has 142 valence electrons. The summed E-state index contributed by atoms with van der Waals surface area (Å²) in [6, 6.07) is 8.23. The van der Waals surface area contributed by atoms with Gasteiger partial charge in [-0.1, -0.05) is 6.07 Å². The first-order chi connectivity index (χ1) is 13.4. The number of nitrogens with zero attached hydrogens (tertiary/aromatic N) is 4. The fourth-order valence-electron chi connectivity index (χ4n) is 2.79. The fraction of sp³-hybridized carbons (Fsp3) is 0.167. The monoisotopic (exact) mass is 396 g/mol. The van der Waals surface area contributed by atoms with Crippen molar-refractivity contribution in [3.8, 4) is 11.3 Å². The van der Waals surface area contributed by atoms with E-state index in [1.165, 1.54) is 30.5 Å². The van der Waals surface area contributed by atoms with Crippen molar-refractivity contribution in [1.82, 2.24) is 19.7 Å². The van der Waals surface area contributed by atoms with Crippen LogP contribution >= 0.6 is 11.3 Å². The summed E-state index contributed by atoms with van der Waals surface area (Å²) < 4.78 is 1.10. The molecule has 1 aromatic carbocycles. The second kappa shape index (κ2) is 6.89. The Morgan fingerprint density at radius 1 is 1.21 bits per heavy atom. The molecule has 1 aliphatic rings. The van der Waals surface area contributed by atoms with E-state index < -0.39 is 5.91 Å². The highest BCUT2D eigenvalue weighted by molar-refractivity contribution is 7.14. The molecule has 0 aliphatic carbocycles. The van der Waals surface area contributed by atoms with Crippen LogP contribution in [0.25, 0.3) is 11.3 Å². The number of rotatable bonds is 3. The molecule has 0 radical (unpaired) electrons. The summed E-state index contributed by atoms with van der Waals surface area (Å²) in [6.07, 6.45) is 0. The van der Waals surface area contributed by atoms with Gasteiger partial charge in [-0.25, -0.2) is 14.5 Å². The summed E-state index contributed by atoms with van der Waals surface area (Å²) in [7, 11) is 3.21. The summed E-state index contributed by atoms with van der Waals surface area (Å²) in [5, 5.41) is 11.7. The van der Waals surface area contributed by atoms with Crippen molar-refractivity contribution in [1.29, 1.82) is 0 Å². The molecule has 3 aromatic rings. The maximum absolute atomic E-state index is 12.3. The third-order valence-electron chi connectivity index (χ3n) is 4.31. The lowest BCUT2D eigenvalue weighted by atomic mass is 10.0. The average molecular weight is 396 g/mol. The van der Waals surface area contributed by atoms with E-state index in [9.17, 15) is 14.4 Å². The lowest BCUT2D eigenvalue weighted by Gasteiger charge is -2.26. The van der Waals surface area contributed by atoms with Gasteiger partial charge in [-0.2, -0.15) is 5.10 Å². The van der Waals surface area contributed by atoms with Crippen molar-refractivity contribution in [3.05, 3.63) is 57.3 Å². The first-order valence-electron chi connectivity index (χ1n) is 8.37. The van der Waals surface area contributed by atoms with E-state index in [4.69, 9.17) is 0 Å². The fourth-order valence-corrected chi connectivity index (χ4v) is 3.51. The van der Waals surface area contributed by atoms with Crippen molar-refractivity contribution in [3.63, 3.8) is 0 Å². The molecule has 2 aromatic heterocycles. The number of hydrogen-bond acceptors (Lipinski definition) is 6. The summed E-state index contributed by atoms with van der Waals surface area (Å²) in [5.74, 6) is -0.439. The van der Waals surface area contributed by atoms with Crippen LogP contribution in [0.2, 0.25) is 0 Å². The summed E-state index contributed by atoms with van der Waals surface area (Å²) in [6.45, 7) is 0.515. The minimum Gasteiger partial charge on any atom is -0.323 e. The number of benzene rings is 1. The molecule has 9 nitrogen and oxygen atoms in total. The molecular formula is C18H16N6O3S. The maximum Gasteiger partial charge on any atom is 0.321 e. The van der Waals surface area contributed by atoms with Crippen LogP contribution in [-0.2, 0) is 13.6 Å². The normalized spacial score (nSPS) is 13.1. The molecule has 0 saturated carbocycles. The number of aromatic nitrogens is 3. The molecule has 2 N–H and O–H groups in total. The van der Waals surface area contributed by atoms with Gasteiger partial charge in [0, 0.05) is 43.3 Å². The Labute approximate surface area is 163 Å². The Balaban J connectivity index is 1.54. The first-order valence-corrected chi connectivity index (χ1v) is 9.25. The number of carbonyl (C=O) groups is 2. The van der Waals surface area contributed by atoms with Gasteiger partial charge in [-0.05, 0) is 23.8 Å². The lowest BCUT2D eigenvalue weighted by Crippen LogP contribution is -2.35. The van der Waals surface area contributed by atoms with Gasteiger partial charge in [0.15, 0.2) is 5.13 Å². The second-order valence-corrected chi connectivity index (χ2v) is 7.19. The van der Waals surface area contributed by atoms with Crippen molar-refractivity contribution < 1.29 is 9.59 Å². The van der Waals surface area contributed by atoms with Crippen LogP contribution in [-0.4, -0.2) is 38.7 Å². The highest BCUT2D eigenvalue weighted by Gasteiger charge is 2.20. The highest BCUT2D eigenvalue weighted by Crippen LogP contribution is 2.30. The number of nitrogens with one attached hydrogen (secondary N) is 2. The number of thiazole rings is 1. The van der Waals surface area contributed by atoms with E-state index in [0.29, 0.717) is 11.7 Å². The predicted octanol–water partition coefficient (Wildman–Crippen LogP) is 2.13. The summed E-state index contributed by atoms with van der Waals surface area (Å²) in [4.78, 5) is 41.5. The SMILES string of the molecule is CN1Cc2cc(-c3csc(NC(=O)c4ccc(=O)n(C)n4)n3)ccc2NC1=O. The van der Waals surface area contributed by atoms with Crippen molar-refractivity contribution >= 4 is 34.1 Å². The minimum absolute atomic E-state index is 0.131. The van der Waals surface area contributed by atoms with E-state index >= 15 is 0 Å². The molecule has 4 rings (SSSR count). The molecule has 3 amide bonds.